The van der Waals surface area contributed by atoms with Gasteiger partial charge in [-0.1, -0.05) is 11.6 Å². The third-order valence-electron chi connectivity index (χ3n) is 1.85. The Kier molecular flexibility index (Phi) is 3.90. The molecule has 1 amide bonds. The summed E-state index contributed by atoms with van der Waals surface area (Å²) in [5.74, 6) is -0.432. The van der Waals surface area contributed by atoms with Gasteiger partial charge in [0.25, 0.3) is 5.91 Å². The Balaban J connectivity index is 3.24. The van der Waals surface area contributed by atoms with E-state index < -0.39 is 15.9 Å². The van der Waals surface area contributed by atoms with Crippen molar-refractivity contribution in [1.82, 2.24) is 5.32 Å². The standard InChI is InChI=1S/C9H11ClN2O3S/c1-2-12-9(13)7-5-6(16(11,14)15)3-4-8(7)10/h3-5H,2H2,1H3,(H,12,13)(H2,11,14,15). The Morgan fingerprint density at radius 3 is 2.62 bits per heavy atom. The predicted octanol–water partition coefficient (Wildman–Crippen LogP) is 0.737. The summed E-state index contributed by atoms with van der Waals surface area (Å²) in [5, 5.41) is 7.65. The van der Waals surface area contributed by atoms with Gasteiger partial charge < -0.3 is 5.32 Å². The van der Waals surface area contributed by atoms with Crippen molar-refractivity contribution in [2.75, 3.05) is 6.54 Å². The minimum absolute atomic E-state index is 0.0926. The van der Waals surface area contributed by atoms with Crippen molar-refractivity contribution < 1.29 is 13.2 Å². The van der Waals surface area contributed by atoms with Gasteiger partial charge in [-0.05, 0) is 25.1 Å². The number of nitrogens with one attached hydrogen (secondary N) is 1. The zero-order valence-electron chi connectivity index (χ0n) is 8.53. The van der Waals surface area contributed by atoms with Crippen LogP contribution in [0, 0.1) is 0 Å². The second kappa shape index (κ2) is 4.82. The average molecular weight is 263 g/mol. The van der Waals surface area contributed by atoms with E-state index in [-0.39, 0.29) is 15.5 Å². The molecule has 88 valence electrons. The first-order chi connectivity index (χ1) is 7.36. The number of benzene rings is 1. The van der Waals surface area contributed by atoms with E-state index in [2.05, 4.69) is 5.32 Å². The highest BCUT2D eigenvalue weighted by atomic mass is 35.5. The van der Waals surface area contributed by atoms with Crippen LogP contribution in [0.1, 0.15) is 17.3 Å². The molecule has 5 nitrogen and oxygen atoms in total. The van der Waals surface area contributed by atoms with Crippen LogP contribution in [0.4, 0.5) is 0 Å². The largest absolute Gasteiger partial charge is 0.352 e. The number of hydrogen-bond acceptors (Lipinski definition) is 3. The number of halogens is 1. The summed E-state index contributed by atoms with van der Waals surface area (Å²) in [6, 6.07) is 3.73. The molecule has 0 spiro atoms. The van der Waals surface area contributed by atoms with Gasteiger partial charge in [-0.25, -0.2) is 13.6 Å². The first kappa shape index (κ1) is 13.0. The maximum atomic E-state index is 11.5. The fourth-order valence-electron chi connectivity index (χ4n) is 1.11. The number of hydrogen-bond donors (Lipinski definition) is 2. The fourth-order valence-corrected chi connectivity index (χ4v) is 1.85. The van der Waals surface area contributed by atoms with Gasteiger partial charge in [-0.2, -0.15) is 0 Å². The van der Waals surface area contributed by atoms with Crippen LogP contribution in [-0.4, -0.2) is 20.9 Å². The van der Waals surface area contributed by atoms with E-state index in [1.807, 2.05) is 0 Å². The van der Waals surface area contributed by atoms with Crippen LogP contribution >= 0.6 is 11.6 Å². The molecule has 0 aliphatic heterocycles. The Morgan fingerprint density at radius 1 is 1.50 bits per heavy atom. The Labute approximate surface area is 98.6 Å². The van der Waals surface area contributed by atoms with Gasteiger partial charge >= 0.3 is 0 Å². The molecule has 0 saturated heterocycles. The number of rotatable bonds is 3. The zero-order valence-corrected chi connectivity index (χ0v) is 10.1. The van der Waals surface area contributed by atoms with E-state index in [1.54, 1.807) is 6.92 Å². The number of amides is 1. The molecule has 0 atom stereocenters. The molecule has 0 saturated carbocycles. The number of primary sulfonamides is 1. The molecule has 0 bridgehead atoms. The maximum absolute atomic E-state index is 11.5. The van der Waals surface area contributed by atoms with Gasteiger partial charge in [-0.3, -0.25) is 4.79 Å². The van der Waals surface area contributed by atoms with Crippen LogP contribution in [0.25, 0.3) is 0 Å². The molecule has 0 radical (unpaired) electrons. The quantitative estimate of drug-likeness (QED) is 0.842. The van der Waals surface area contributed by atoms with Gasteiger partial charge in [0, 0.05) is 6.54 Å². The van der Waals surface area contributed by atoms with Crippen LogP contribution < -0.4 is 10.5 Å². The minimum atomic E-state index is -3.83. The molecule has 0 aliphatic carbocycles. The topological polar surface area (TPSA) is 89.3 Å². The molecule has 0 unspecified atom stereocenters. The maximum Gasteiger partial charge on any atom is 0.252 e. The van der Waals surface area contributed by atoms with Crippen molar-refractivity contribution in [3.8, 4) is 0 Å². The second-order valence-electron chi connectivity index (χ2n) is 3.05. The molecular formula is C9H11ClN2O3S. The lowest BCUT2D eigenvalue weighted by atomic mass is 10.2. The van der Waals surface area contributed by atoms with Gasteiger partial charge in [0.1, 0.15) is 0 Å². The first-order valence-electron chi connectivity index (χ1n) is 4.46. The predicted molar refractivity (Wildman–Crippen MR) is 60.8 cm³/mol. The second-order valence-corrected chi connectivity index (χ2v) is 5.01. The molecule has 16 heavy (non-hydrogen) atoms. The van der Waals surface area contributed by atoms with E-state index in [9.17, 15) is 13.2 Å². The highest BCUT2D eigenvalue weighted by molar-refractivity contribution is 7.89. The monoisotopic (exact) mass is 262 g/mol. The summed E-state index contributed by atoms with van der Waals surface area (Å²) < 4.78 is 22.2. The normalized spacial score (nSPS) is 11.2. The lowest BCUT2D eigenvalue weighted by molar-refractivity contribution is 0.0956. The summed E-state index contributed by atoms with van der Waals surface area (Å²) in [7, 11) is -3.83. The number of sulfonamides is 1. The van der Waals surface area contributed by atoms with E-state index >= 15 is 0 Å². The molecule has 0 aliphatic rings. The van der Waals surface area contributed by atoms with Gasteiger partial charge in [-0.15, -0.1) is 0 Å². The van der Waals surface area contributed by atoms with Crippen LogP contribution in [0.2, 0.25) is 5.02 Å². The van der Waals surface area contributed by atoms with Gasteiger partial charge in [0.2, 0.25) is 10.0 Å². The van der Waals surface area contributed by atoms with Crippen molar-refractivity contribution in [3.05, 3.63) is 28.8 Å². The van der Waals surface area contributed by atoms with Crippen LogP contribution in [0.15, 0.2) is 23.1 Å². The molecule has 3 N–H and O–H groups in total. The molecule has 1 aromatic rings. The minimum Gasteiger partial charge on any atom is -0.352 e. The van der Waals surface area contributed by atoms with Crippen LogP contribution in [0.3, 0.4) is 0 Å². The summed E-state index contributed by atoms with van der Waals surface area (Å²) in [5.41, 5.74) is 0.0926. The Morgan fingerprint density at radius 2 is 2.12 bits per heavy atom. The fraction of sp³-hybridized carbons (Fsp3) is 0.222. The third kappa shape index (κ3) is 2.94. The summed E-state index contributed by atoms with van der Waals surface area (Å²) >= 11 is 5.78. The molecule has 1 rings (SSSR count). The molecule has 0 fully saturated rings. The van der Waals surface area contributed by atoms with Crippen molar-refractivity contribution in [2.45, 2.75) is 11.8 Å². The average Bonchev–Trinajstić information content (AvgIpc) is 2.16. The van der Waals surface area contributed by atoms with Gasteiger partial charge in [0.15, 0.2) is 0 Å². The van der Waals surface area contributed by atoms with Crippen LogP contribution in [-0.2, 0) is 10.0 Å². The smallest absolute Gasteiger partial charge is 0.252 e. The SMILES string of the molecule is CCNC(=O)c1cc(S(N)(=O)=O)ccc1Cl. The van der Waals surface area contributed by atoms with E-state index in [1.165, 1.54) is 12.1 Å². The lowest BCUT2D eigenvalue weighted by Gasteiger charge is -2.06. The van der Waals surface area contributed by atoms with E-state index in [0.717, 1.165) is 6.07 Å². The van der Waals surface area contributed by atoms with Crippen molar-refractivity contribution in [3.63, 3.8) is 0 Å². The Bertz CT molecular complexity index is 513. The summed E-state index contributed by atoms with van der Waals surface area (Å²) in [4.78, 5) is 11.4. The van der Waals surface area contributed by atoms with Gasteiger partial charge in [0.05, 0.1) is 15.5 Å². The number of nitrogens with two attached hydrogens (primary N) is 1. The van der Waals surface area contributed by atoms with E-state index in [0.29, 0.717) is 6.54 Å². The third-order valence-corrected chi connectivity index (χ3v) is 3.09. The molecule has 1 aromatic carbocycles. The number of carbonyl (C=O) groups is 1. The Hall–Kier alpha value is -1.11. The van der Waals surface area contributed by atoms with Crippen molar-refractivity contribution in [1.29, 1.82) is 0 Å². The van der Waals surface area contributed by atoms with Crippen molar-refractivity contribution in [2.24, 2.45) is 5.14 Å². The summed E-state index contributed by atoms with van der Waals surface area (Å²) in [6.45, 7) is 2.17. The zero-order chi connectivity index (χ0) is 12.3. The van der Waals surface area contributed by atoms with Crippen molar-refractivity contribution >= 4 is 27.5 Å². The molecule has 0 heterocycles. The highest BCUT2D eigenvalue weighted by Crippen LogP contribution is 2.19. The highest BCUT2D eigenvalue weighted by Gasteiger charge is 2.14. The number of carbonyl (C=O) groups excluding carboxylic acids is 1. The summed E-state index contributed by atoms with van der Waals surface area (Å²) in [6.07, 6.45) is 0. The first-order valence-corrected chi connectivity index (χ1v) is 6.39. The molecule has 0 aromatic heterocycles. The van der Waals surface area contributed by atoms with Crippen LogP contribution in [0.5, 0.6) is 0 Å². The molecular weight excluding hydrogens is 252 g/mol. The molecule has 7 heteroatoms. The lowest BCUT2D eigenvalue weighted by Crippen LogP contribution is -2.23. The van der Waals surface area contributed by atoms with E-state index in [4.69, 9.17) is 16.7 Å².